The summed E-state index contributed by atoms with van der Waals surface area (Å²) in [6.07, 6.45) is 5.33. The topological polar surface area (TPSA) is 63.4 Å². The summed E-state index contributed by atoms with van der Waals surface area (Å²) in [5, 5.41) is 0. The van der Waals surface area contributed by atoms with Gasteiger partial charge in [-0.2, -0.15) is 4.31 Å². The van der Waals surface area contributed by atoms with Crippen molar-refractivity contribution in [3.8, 4) is 0 Å². The molecule has 2 aliphatic rings. The zero-order valence-electron chi connectivity index (χ0n) is 10.6. The van der Waals surface area contributed by atoms with Gasteiger partial charge in [0, 0.05) is 19.1 Å². The largest absolute Gasteiger partial charge is 0.329 e. The average molecular weight is 260 g/mol. The standard InChI is InChI=1S/C12H24N2O2S/c1-10-3-2-7-14(12(10)9-13)17(15,16)8-6-11-4-5-11/h10-12H,2-9,13H2,1H3. The Kier molecular flexibility index (Phi) is 4.10. The molecule has 1 saturated carbocycles. The molecule has 0 aromatic rings. The van der Waals surface area contributed by atoms with Crippen molar-refractivity contribution in [2.24, 2.45) is 17.6 Å². The highest BCUT2D eigenvalue weighted by molar-refractivity contribution is 7.89. The maximum Gasteiger partial charge on any atom is 0.214 e. The van der Waals surface area contributed by atoms with Crippen molar-refractivity contribution in [1.29, 1.82) is 0 Å². The molecule has 2 unspecified atom stereocenters. The van der Waals surface area contributed by atoms with E-state index in [0.29, 0.717) is 30.7 Å². The molecular formula is C12H24N2O2S. The SMILES string of the molecule is CC1CCCN(S(=O)(=O)CCC2CC2)C1CN. The molecule has 2 N–H and O–H groups in total. The Morgan fingerprint density at radius 2 is 2.00 bits per heavy atom. The van der Waals surface area contributed by atoms with E-state index in [2.05, 4.69) is 6.92 Å². The summed E-state index contributed by atoms with van der Waals surface area (Å²) in [5.41, 5.74) is 5.74. The lowest BCUT2D eigenvalue weighted by atomic mass is 9.93. The third-order valence-corrected chi connectivity index (χ3v) is 6.06. The molecule has 0 radical (unpaired) electrons. The molecule has 100 valence electrons. The molecule has 0 aromatic carbocycles. The van der Waals surface area contributed by atoms with E-state index in [1.165, 1.54) is 12.8 Å². The van der Waals surface area contributed by atoms with Crippen LogP contribution in [0.15, 0.2) is 0 Å². The second-order valence-electron chi connectivity index (χ2n) is 5.58. The molecule has 0 bridgehead atoms. The first kappa shape index (κ1) is 13.3. The molecule has 2 fully saturated rings. The molecule has 2 atom stereocenters. The van der Waals surface area contributed by atoms with E-state index in [4.69, 9.17) is 5.73 Å². The van der Waals surface area contributed by atoms with Crippen LogP contribution in [0.4, 0.5) is 0 Å². The van der Waals surface area contributed by atoms with Crippen LogP contribution in [0.2, 0.25) is 0 Å². The van der Waals surface area contributed by atoms with Gasteiger partial charge >= 0.3 is 0 Å². The van der Waals surface area contributed by atoms with Gasteiger partial charge in [0.1, 0.15) is 0 Å². The highest BCUT2D eigenvalue weighted by atomic mass is 32.2. The van der Waals surface area contributed by atoms with Gasteiger partial charge in [0.15, 0.2) is 0 Å². The van der Waals surface area contributed by atoms with Crippen LogP contribution in [-0.2, 0) is 10.0 Å². The first-order valence-electron chi connectivity index (χ1n) is 6.74. The van der Waals surface area contributed by atoms with Crippen molar-refractivity contribution in [2.45, 2.75) is 45.1 Å². The van der Waals surface area contributed by atoms with Gasteiger partial charge in [-0.3, -0.25) is 0 Å². The number of rotatable bonds is 5. The smallest absolute Gasteiger partial charge is 0.214 e. The van der Waals surface area contributed by atoms with Gasteiger partial charge in [-0.1, -0.05) is 19.8 Å². The number of hydrogen-bond acceptors (Lipinski definition) is 3. The lowest BCUT2D eigenvalue weighted by molar-refractivity contribution is 0.192. The van der Waals surface area contributed by atoms with Gasteiger partial charge < -0.3 is 5.73 Å². The third kappa shape index (κ3) is 3.20. The molecule has 1 aliphatic heterocycles. The normalized spacial score (nSPS) is 31.6. The molecule has 1 saturated heterocycles. The lowest BCUT2D eigenvalue weighted by Gasteiger charge is -2.38. The van der Waals surface area contributed by atoms with E-state index in [1.54, 1.807) is 4.31 Å². The minimum absolute atomic E-state index is 0.0213. The van der Waals surface area contributed by atoms with Crippen molar-refractivity contribution >= 4 is 10.0 Å². The number of nitrogens with zero attached hydrogens (tertiary/aromatic N) is 1. The van der Waals surface area contributed by atoms with Gasteiger partial charge in [0.25, 0.3) is 0 Å². The minimum atomic E-state index is -3.08. The van der Waals surface area contributed by atoms with Gasteiger partial charge in [-0.05, 0) is 31.1 Å². The molecule has 2 rings (SSSR count). The van der Waals surface area contributed by atoms with Crippen molar-refractivity contribution in [3.05, 3.63) is 0 Å². The van der Waals surface area contributed by atoms with Crippen LogP contribution in [0.5, 0.6) is 0 Å². The molecule has 5 heteroatoms. The van der Waals surface area contributed by atoms with Crippen molar-refractivity contribution in [1.82, 2.24) is 4.31 Å². The van der Waals surface area contributed by atoms with Gasteiger partial charge in [0.2, 0.25) is 10.0 Å². The Labute approximate surface area is 105 Å². The Morgan fingerprint density at radius 1 is 1.29 bits per heavy atom. The van der Waals surface area contributed by atoms with Crippen LogP contribution in [0.3, 0.4) is 0 Å². The predicted octanol–water partition coefficient (Wildman–Crippen LogP) is 1.18. The predicted molar refractivity (Wildman–Crippen MR) is 69.1 cm³/mol. The monoisotopic (exact) mass is 260 g/mol. The lowest BCUT2D eigenvalue weighted by Crippen LogP contribution is -2.51. The summed E-state index contributed by atoms with van der Waals surface area (Å²) in [7, 11) is -3.08. The van der Waals surface area contributed by atoms with Crippen molar-refractivity contribution < 1.29 is 8.42 Å². The van der Waals surface area contributed by atoms with Gasteiger partial charge in [-0.25, -0.2) is 8.42 Å². The van der Waals surface area contributed by atoms with E-state index in [0.717, 1.165) is 19.3 Å². The molecular weight excluding hydrogens is 236 g/mol. The Balaban J connectivity index is 2.01. The summed E-state index contributed by atoms with van der Waals surface area (Å²) in [6, 6.07) is 0.0213. The fraction of sp³-hybridized carbons (Fsp3) is 1.00. The van der Waals surface area contributed by atoms with Gasteiger partial charge in [-0.15, -0.1) is 0 Å². The second-order valence-corrected chi connectivity index (χ2v) is 7.62. The summed E-state index contributed by atoms with van der Waals surface area (Å²) in [6.45, 7) is 3.23. The maximum absolute atomic E-state index is 12.3. The fourth-order valence-corrected chi connectivity index (χ4v) is 4.73. The van der Waals surface area contributed by atoms with Crippen LogP contribution in [0, 0.1) is 11.8 Å². The highest BCUT2D eigenvalue weighted by Gasteiger charge is 2.36. The second kappa shape index (κ2) is 5.24. The first-order valence-corrected chi connectivity index (χ1v) is 8.35. The first-order chi connectivity index (χ1) is 8.04. The third-order valence-electron chi connectivity index (χ3n) is 4.14. The van der Waals surface area contributed by atoms with E-state index in [1.807, 2.05) is 0 Å². The Morgan fingerprint density at radius 3 is 2.59 bits per heavy atom. The van der Waals surface area contributed by atoms with Crippen molar-refractivity contribution in [3.63, 3.8) is 0 Å². The maximum atomic E-state index is 12.3. The van der Waals surface area contributed by atoms with Crippen LogP contribution in [0.1, 0.15) is 39.0 Å². The number of nitrogens with two attached hydrogens (primary N) is 1. The van der Waals surface area contributed by atoms with Crippen LogP contribution >= 0.6 is 0 Å². The molecule has 0 aromatic heterocycles. The Hall–Kier alpha value is -0.130. The summed E-state index contributed by atoms with van der Waals surface area (Å²) >= 11 is 0. The zero-order valence-corrected chi connectivity index (χ0v) is 11.5. The Bertz CT molecular complexity index is 352. The average Bonchev–Trinajstić information content (AvgIpc) is 3.10. The summed E-state index contributed by atoms with van der Waals surface area (Å²) < 4.78 is 26.3. The minimum Gasteiger partial charge on any atom is -0.329 e. The number of sulfonamides is 1. The molecule has 4 nitrogen and oxygen atoms in total. The summed E-state index contributed by atoms with van der Waals surface area (Å²) in [4.78, 5) is 0. The van der Waals surface area contributed by atoms with E-state index in [9.17, 15) is 8.42 Å². The van der Waals surface area contributed by atoms with E-state index in [-0.39, 0.29) is 6.04 Å². The molecule has 1 aliphatic carbocycles. The summed E-state index contributed by atoms with van der Waals surface area (Å²) in [5.74, 6) is 1.38. The van der Waals surface area contributed by atoms with Crippen LogP contribution in [-0.4, -0.2) is 37.6 Å². The fourth-order valence-electron chi connectivity index (χ4n) is 2.75. The van der Waals surface area contributed by atoms with Crippen LogP contribution < -0.4 is 5.73 Å². The molecule has 0 spiro atoms. The molecule has 0 amide bonds. The van der Waals surface area contributed by atoms with Gasteiger partial charge in [0.05, 0.1) is 5.75 Å². The van der Waals surface area contributed by atoms with E-state index >= 15 is 0 Å². The van der Waals surface area contributed by atoms with E-state index < -0.39 is 10.0 Å². The highest BCUT2D eigenvalue weighted by Crippen LogP contribution is 2.34. The number of piperidine rings is 1. The molecule has 17 heavy (non-hydrogen) atoms. The van der Waals surface area contributed by atoms with Crippen LogP contribution in [0.25, 0.3) is 0 Å². The molecule has 1 heterocycles. The number of hydrogen-bond donors (Lipinski definition) is 1. The quantitative estimate of drug-likeness (QED) is 0.807. The van der Waals surface area contributed by atoms with Crippen molar-refractivity contribution in [2.75, 3.05) is 18.8 Å². The zero-order chi connectivity index (χ0) is 12.5.